The summed E-state index contributed by atoms with van der Waals surface area (Å²) in [6, 6.07) is 0. The Morgan fingerprint density at radius 1 is 1.71 bits per heavy atom. The minimum absolute atomic E-state index is 1.15. The third-order valence-electron chi connectivity index (χ3n) is 0.458. The van der Waals surface area contributed by atoms with E-state index in [0.717, 1.165) is 6.40 Å². The fourth-order valence-electron chi connectivity index (χ4n) is 0.217. The van der Waals surface area contributed by atoms with Crippen LogP contribution in [0.15, 0.2) is 16.1 Å². The highest BCUT2D eigenvalue weighted by Crippen LogP contribution is 1.91. The number of hydrogen-bond acceptors (Lipinski definition) is 2. The monoisotopic (exact) mass is 117 g/mol. The molecule has 0 saturated carbocycles. The van der Waals surface area contributed by atoms with E-state index in [9.17, 15) is 4.21 Å². The molecule has 1 unspecified atom stereocenters. The molecule has 0 N–H and O–H groups in total. The molecule has 0 radical (unpaired) electrons. The van der Waals surface area contributed by atoms with Gasteiger partial charge in [-0.2, -0.15) is 4.40 Å². The quantitative estimate of drug-likeness (QED) is 0.454. The zero-order chi connectivity index (χ0) is 5.11. The van der Waals surface area contributed by atoms with Crippen LogP contribution in [-0.2, 0) is 15.7 Å². The molecule has 7 heavy (non-hydrogen) atoms. The zero-order valence-corrected chi connectivity index (χ0v) is 4.22. The highest BCUT2D eigenvalue weighted by atomic mass is 32.2. The molecule has 0 aromatic heterocycles. The van der Waals surface area contributed by atoms with Gasteiger partial charge in [0.1, 0.15) is 6.26 Å². The molecule has 38 valence electrons. The van der Waals surface area contributed by atoms with Crippen LogP contribution < -0.4 is 0 Å². The van der Waals surface area contributed by atoms with E-state index in [1.165, 1.54) is 11.7 Å². The third kappa shape index (κ3) is 1.12. The van der Waals surface area contributed by atoms with Crippen molar-refractivity contribution in [3.8, 4) is 0 Å². The topological polar surface area (TPSA) is 38.7 Å². The second-order valence-corrected chi connectivity index (χ2v) is 1.93. The standard InChI is InChI=1S/C3H3NO2S/c5-7-2-1-6-3-4-7/h1-3H. The van der Waals surface area contributed by atoms with Gasteiger partial charge in [0.25, 0.3) is 0 Å². The van der Waals surface area contributed by atoms with Gasteiger partial charge >= 0.3 is 0 Å². The van der Waals surface area contributed by atoms with Crippen molar-refractivity contribution >= 4 is 17.4 Å². The van der Waals surface area contributed by atoms with Gasteiger partial charge in [-0.3, -0.25) is 0 Å². The number of ether oxygens (including phenoxy) is 1. The highest BCUT2D eigenvalue weighted by molar-refractivity contribution is 7.86. The second kappa shape index (κ2) is 1.88. The Morgan fingerprint density at radius 3 is 2.86 bits per heavy atom. The van der Waals surface area contributed by atoms with Crippen molar-refractivity contribution in [2.75, 3.05) is 0 Å². The molecule has 0 spiro atoms. The van der Waals surface area contributed by atoms with Crippen LogP contribution in [0.5, 0.6) is 0 Å². The van der Waals surface area contributed by atoms with Gasteiger partial charge in [0.2, 0.25) is 0 Å². The summed E-state index contributed by atoms with van der Waals surface area (Å²) in [6.07, 6.45) is 2.49. The molecule has 0 aromatic carbocycles. The smallest absolute Gasteiger partial charge is 0.190 e. The minimum atomic E-state index is -1.18. The van der Waals surface area contributed by atoms with Crippen LogP contribution in [0.2, 0.25) is 0 Å². The van der Waals surface area contributed by atoms with Gasteiger partial charge in [-0.15, -0.1) is 0 Å². The molecular weight excluding hydrogens is 114 g/mol. The zero-order valence-electron chi connectivity index (χ0n) is 3.40. The van der Waals surface area contributed by atoms with Crippen molar-refractivity contribution in [2.45, 2.75) is 0 Å². The Labute approximate surface area is 43.3 Å². The van der Waals surface area contributed by atoms with Gasteiger partial charge < -0.3 is 4.74 Å². The normalized spacial score (nSPS) is 27.1. The molecule has 1 heterocycles. The van der Waals surface area contributed by atoms with Crippen LogP contribution in [0, 0.1) is 0 Å². The Kier molecular flexibility index (Phi) is 1.21. The predicted octanol–water partition coefficient (Wildman–Crippen LogP) is 0.180. The van der Waals surface area contributed by atoms with E-state index in [-0.39, 0.29) is 0 Å². The lowest BCUT2D eigenvalue weighted by molar-refractivity contribution is 0.493. The third-order valence-corrected chi connectivity index (χ3v) is 1.10. The first-order chi connectivity index (χ1) is 3.39. The van der Waals surface area contributed by atoms with Crippen molar-refractivity contribution in [1.82, 2.24) is 0 Å². The summed E-state index contributed by atoms with van der Waals surface area (Å²) < 4.78 is 18.1. The highest BCUT2D eigenvalue weighted by Gasteiger charge is 1.89. The van der Waals surface area contributed by atoms with Gasteiger partial charge in [0.15, 0.2) is 17.4 Å². The molecule has 3 nitrogen and oxygen atoms in total. The van der Waals surface area contributed by atoms with Gasteiger partial charge in [-0.25, -0.2) is 4.21 Å². The fourth-order valence-corrected chi connectivity index (χ4v) is 0.581. The van der Waals surface area contributed by atoms with Crippen LogP contribution in [0.1, 0.15) is 0 Å². The number of hydrogen-bond donors (Lipinski definition) is 0. The van der Waals surface area contributed by atoms with E-state index in [1.807, 2.05) is 0 Å². The fraction of sp³-hybridized carbons (Fsp3) is 0. The first kappa shape index (κ1) is 4.52. The molecule has 1 atom stereocenters. The number of nitrogens with zero attached hydrogens (tertiary/aromatic N) is 1. The lowest BCUT2D eigenvalue weighted by atomic mass is 11.1. The van der Waals surface area contributed by atoms with Crippen molar-refractivity contribution < 1.29 is 8.95 Å². The SMILES string of the molecule is O=S1C=COC=N1. The second-order valence-electron chi connectivity index (χ2n) is 0.895. The van der Waals surface area contributed by atoms with Crippen molar-refractivity contribution in [2.24, 2.45) is 4.40 Å². The maximum absolute atomic E-state index is 10.2. The summed E-state index contributed by atoms with van der Waals surface area (Å²) in [5, 5.41) is 1.36. The summed E-state index contributed by atoms with van der Waals surface area (Å²) in [5.41, 5.74) is 0. The summed E-state index contributed by atoms with van der Waals surface area (Å²) in [7, 11) is -1.18. The van der Waals surface area contributed by atoms with Crippen molar-refractivity contribution in [1.29, 1.82) is 0 Å². The Balaban J connectivity index is 2.66. The maximum atomic E-state index is 10.2. The maximum Gasteiger partial charge on any atom is 0.190 e. The Hall–Kier alpha value is -0.640. The minimum Gasteiger partial charge on any atom is -0.452 e. The molecule has 4 heteroatoms. The molecule has 1 rings (SSSR count). The molecule has 0 fully saturated rings. The van der Waals surface area contributed by atoms with Crippen LogP contribution in [0.25, 0.3) is 0 Å². The van der Waals surface area contributed by atoms with Crippen LogP contribution in [0.4, 0.5) is 0 Å². The summed E-state index contributed by atoms with van der Waals surface area (Å²) in [4.78, 5) is 0. The van der Waals surface area contributed by atoms with E-state index in [2.05, 4.69) is 9.13 Å². The molecule has 0 aliphatic carbocycles. The summed E-state index contributed by atoms with van der Waals surface area (Å²) in [6.45, 7) is 0. The average Bonchev–Trinajstić information content (AvgIpc) is 1.69. The van der Waals surface area contributed by atoms with Crippen molar-refractivity contribution in [3.63, 3.8) is 0 Å². The van der Waals surface area contributed by atoms with Gasteiger partial charge in [0.05, 0.1) is 5.41 Å². The number of rotatable bonds is 0. The summed E-state index contributed by atoms with van der Waals surface area (Å²) in [5.74, 6) is 0. The largest absolute Gasteiger partial charge is 0.452 e. The molecule has 0 amide bonds. The van der Waals surface area contributed by atoms with E-state index >= 15 is 0 Å². The Bertz CT molecular complexity index is 126. The average molecular weight is 117 g/mol. The van der Waals surface area contributed by atoms with Crippen LogP contribution in [-0.4, -0.2) is 10.6 Å². The lowest BCUT2D eigenvalue weighted by Crippen LogP contribution is -1.87. The summed E-state index contributed by atoms with van der Waals surface area (Å²) >= 11 is 0. The molecule has 1 aliphatic heterocycles. The van der Waals surface area contributed by atoms with Crippen LogP contribution in [0.3, 0.4) is 0 Å². The van der Waals surface area contributed by atoms with E-state index in [4.69, 9.17) is 0 Å². The first-order valence-corrected chi connectivity index (χ1v) is 2.82. The van der Waals surface area contributed by atoms with Crippen LogP contribution >= 0.6 is 0 Å². The van der Waals surface area contributed by atoms with E-state index in [0.29, 0.717) is 0 Å². The molecule has 0 saturated heterocycles. The molecule has 1 aliphatic rings. The van der Waals surface area contributed by atoms with Gasteiger partial charge in [0, 0.05) is 0 Å². The first-order valence-electron chi connectivity index (χ1n) is 1.65. The van der Waals surface area contributed by atoms with Gasteiger partial charge in [-0.05, 0) is 0 Å². The predicted molar refractivity (Wildman–Crippen MR) is 26.9 cm³/mol. The molecule has 0 bridgehead atoms. The Morgan fingerprint density at radius 2 is 2.57 bits per heavy atom. The van der Waals surface area contributed by atoms with E-state index in [1.54, 1.807) is 0 Å². The molecule has 0 aromatic rings. The van der Waals surface area contributed by atoms with E-state index < -0.39 is 11.0 Å². The lowest BCUT2D eigenvalue weighted by Gasteiger charge is -1.91. The molecular formula is C3H3NO2S. The van der Waals surface area contributed by atoms with Crippen molar-refractivity contribution in [3.05, 3.63) is 11.7 Å². The van der Waals surface area contributed by atoms with Gasteiger partial charge in [-0.1, -0.05) is 0 Å².